The van der Waals surface area contributed by atoms with Gasteiger partial charge in [0.05, 0.1) is 11.4 Å². The van der Waals surface area contributed by atoms with Crippen LogP contribution in [0.3, 0.4) is 0 Å². The van der Waals surface area contributed by atoms with Crippen LogP contribution < -0.4 is 4.67 Å². The molecular weight excluding hydrogens is 241 g/mol. The smallest absolute Gasteiger partial charge is 0.118 e. The maximum absolute atomic E-state index is 11.6. The van der Waals surface area contributed by atoms with E-state index in [2.05, 4.69) is 0 Å². The Morgan fingerprint density at radius 1 is 0.812 bits per heavy atom. The molecule has 0 spiro atoms. The van der Waals surface area contributed by atoms with Crippen LogP contribution in [0, 0.1) is 0 Å². The molecule has 0 bridgehead atoms. The summed E-state index contributed by atoms with van der Waals surface area (Å²) < 4.78 is 13.2. The molecule has 0 aliphatic heterocycles. The van der Waals surface area contributed by atoms with Crippen LogP contribution in [0.25, 0.3) is 0 Å². The zero-order valence-corrected chi connectivity index (χ0v) is 10.1. The van der Waals surface area contributed by atoms with Crippen LogP contribution in [-0.4, -0.2) is 0 Å². The number of nitrogens with zero attached hydrogens (tertiary/aromatic N) is 1. The molecule has 2 nitrogen and oxygen atoms in total. The third-order valence-electron chi connectivity index (χ3n) is 2.16. The topological polar surface area (TPSA) is 20.3 Å². The first-order valence-corrected chi connectivity index (χ1v) is 6.94. The second kappa shape index (κ2) is 5.11. The van der Waals surface area contributed by atoms with Crippen LogP contribution in [0.2, 0.25) is 0 Å². The Bertz CT molecular complexity index is 435. The van der Waals surface area contributed by atoms with Crippen LogP contribution >= 0.6 is 18.5 Å². The second-order valence-electron chi connectivity index (χ2n) is 3.21. The molecule has 0 aliphatic rings. The molecule has 16 heavy (non-hydrogen) atoms. The predicted molar refractivity (Wildman–Crippen MR) is 68.5 cm³/mol. The zero-order chi connectivity index (χ0) is 11.4. The normalized spacial score (nSPS) is 10.9. The Hall–Kier alpha value is -1.37. The van der Waals surface area contributed by atoms with Crippen LogP contribution in [0.1, 0.15) is 0 Å². The molecule has 2 rings (SSSR count). The van der Waals surface area contributed by atoms with E-state index in [0.717, 1.165) is 11.4 Å². The Labute approximate surface area is 100 Å². The van der Waals surface area contributed by atoms with Gasteiger partial charge >= 0.3 is 7.30 Å². The van der Waals surface area contributed by atoms with E-state index in [4.69, 9.17) is 11.2 Å². The van der Waals surface area contributed by atoms with Gasteiger partial charge in [-0.25, -0.2) is 0 Å². The van der Waals surface area contributed by atoms with E-state index < -0.39 is 7.30 Å². The molecule has 4 heteroatoms. The van der Waals surface area contributed by atoms with Gasteiger partial charge in [-0.15, -0.1) is 4.67 Å². The van der Waals surface area contributed by atoms with Gasteiger partial charge in [-0.1, -0.05) is 36.4 Å². The fourth-order valence-corrected chi connectivity index (χ4v) is 2.62. The number of anilines is 2. The summed E-state index contributed by atoms with van der Waals surface area (Å²) >= 11 is 5.75. The highest BCUT2D eigenvalue weighted by Crippen LogP contribution is 2.43. The van der Waals surface area contributed by atoms with Gasteiger partial charge in [-0.3, -0.25) is 0 Å². The number of benzene rings is 2. The summed E-state index contributed by atoms with van der Waals surface area (Å²) in [4.78, 5) is 0. The highest BCUT2D eigenvalue weighted by atomic mass is 35.7. The van der Waals surface area contributed by atoms with Gasteiger partial charge in [0.25, 0.3) is 0 Å². The quantitative estimate of drug-likeness (QED) is 0.735. The van der Waals surface area contributed by atoms with E-state index in [1.165, 1.54) is 0 Å². The maximum atomic E-state index is 11.6. The lowest BCUT2D eigenvalue weighted by molar-refractivity contribution is 0.596. The van der Waals surface area contributed by atoms with Crippen molar-refractivity contribution >= 4 is 29.9 Å². The van der Waals surface area contributed by atoms with Gasteiger partial charge in [-0.05, 0) is 28.8 Å². The van der Waals surface area contributed by atoms with Gasteiger partial charge < -0.3 is 0 Å². The summed E-state index contributed by atoms with van der Waals surface area (Å²) in [7, 11) is -1.96. The van der Waals surface area contributed by atoms with Crippen molar-refractivity contribution < 1.29 is 4.57 Å². The third-order valence-corrected chi connectivity index (χ3v) is 3.39. The molecule has 0 aromatic heterocycles. The summed E-state index contributed by atoms with van der Waals surface area (Å²) in [5.41, 5.74) is 1.65. The molecule has 0 saturated heterocycles. The highest BCUT2D eigenvalue weighted by molar-refractivity contribution is 7.75. The molecular formula is C12H10ClNOP+. The summed E-state index contributed by atoms with van der Waals surface area (Å²) in [6, 6.07) is 18.9. The average molecular weight is 251 g/mol. The van der Waals surface area contributed by atoms with Gasteiger partial charge in [0.2, 0.25) is 11.2 Å². The lowest BCUT2D eigenvalue weighted by Crippen LogP contribution is -2.03. The third kappa shape index (κ3) is 2.41. The van der Waals surface area contributed by atoms with E-state index in [1.54, 1.807) is 4.67 Å². The van der Waals surface area contributed by atoms with Crippen molar-refractivity contribution in [2.75, 3.05) is 4.67 Å². The SMILES string of the molecule is O=[P+](Cl)N(c1ccccc1)c1ccccc1. The molecule has 0 N–H and O–H groups in total. The number of hydrogen-bond acceptors (Lipinski definition) is 1. The summed E-state index contributed by atoms with van der Waals surface area (Å²) in [5.74, 6) is 0. The van der Waals surface area contributed by atoms with Crippen LogP contribution in [-0.2, 0) is 4.57 Å². The van der Waals surface area contributed by atoms with Gasteiger partial charge in [0.15, 0.2) is 0 Å². The number of hydrogen-bond donors (Lipinski definition) is 0. The largest absolute Gasteiger partial charge is 0.589 e. The Morgan fingerprint density at radius 3 is 1.50 bits per heavy atom. The molecule has 0 radical (unpaired) electrons. The predicted octanol–water partition coefficient (Wildman–Crippen LogP) is 4.72. The summed E-state index contributed by atoms with van der Waals surface area (Å²) in [5, 5.41) is 0. The van der Waals surface area contributed by atoms with Gasteiger partial charge in [-0.2, -0.15) is 0 Å². The van der Waals surface area contributed by atoms with Crippen LogP contribution in [0.4, 0.5) is 11.4 Å². The number of halogens is 1. The first kappa shape index (κ1) is 11.1. The molecule has 0 fully saturated rings. The number of rotatable bonds is 3. The lowest BCUT2D eigenvalue weighted by Gasteiger charge is -2.10. The van der Waals surface area contributed by atoms with Crippen molar-refractivity contribution in [1.82, 2.24) is 0 Å². The minimum Gasteiger partial charge on any atom is -0.118 e. The first-order chi connectivity index (χ1) is 7.79. The average Bonchev–Trinajstić information content (AvgIpc) is 2.31. The van der Waals surface area contributed by atoms with E-state index in [-0.39, 0.29) is 0 Å². The monoisotopic (exact) mass is 250 g/mol. The maximum Gasteiger partial charge on any atom is 0.589 e. The van der Waals surface area contributed by atoms with Gasteiger partial charge in [0.1, 0.15) is 0 Å². The second-order valence-corrected chi connectivity index (χ2v) is 4.93. The molecule has 0 saturated carbocycles. The molecule has 2 aromatic carbocycles. The molecule has 1 atom stereocenters. The molecule has 0 aliphatic carbocycles. The Morgan fingerprint density at radius 2 is 1.19 bits per heavy atom. The Kier molecular flexibility index (Phi) is 3.55. The van der Waals surface area contributed by atoms with Crippen molar-refractivity contribution in [1.29, 1.82) is 0 Å². The van der Waals surface area contributed by atoms with Crippen LogP contribution in [0.5, 0.6) is 0 Å². The van der Waals surface area contributed by atoms with E-state index in [9.17, 15) is 4.57 Å². The van der Waals surface area contributed by atoms with Crippen LogP contribution in [0.15, 0.2) is 60.7 Å². The summed E-state index contributed by atoms with van der Waals surface area (Å²) in [6.07, 6.45) is 0. The molecule has 2 aromatic rings. The lowest BCUT2D eigenvalue weighted by atomic mass is 10.3. The summed E-state index contributed by atoms with van der Waals surface area (Å²) in [6.45, 7) is 0. The fraction of sp³-hybridized carbons (Fsp3) is 0. The molecule has 0 heterocycles. The highest BCUT2D eigenvalue weighted by Gasteiger charge is 2.27. The Balaban J connectivity index is 2.44. The van der Waals surface area contributed by atoms with Crippen molar-refractivity contribution in [2.24, 2.45) is 0 Å². The zero-order valence-electron chi connectivity index (χ0n) is 8.45. The minimum absolute atomic E-state index is 0.824. The molecule has 80 valence electrons. The van der Waals surface area contributed by atoms with E-state index >= 15 is 0 Å². The van der Waals surface area contributed by atoms with E-state index in [1.807, 2.05) is 60.7 Å². The minimum atomic E-state index is -1.96. The number of para-hydroxylation sites is 2. The standard InChI is InChI=1S/C12H10ClNOP/c13-16(15)14(11-7-3-1-4-8-11)12-9-5-2-6-10-12/h1-10H/q+1. The molecule has 0 amide bonds. The molecule has 1 unspecified atom stereocenters. The van der Waals surface area contributed by atoms with Crippen molar-refractivity contribution in [3.8, 4) is 0 Å². The van der Waals surface area contributed by atoms with Gasteiger partial charge in [0, 0.05) is 0 Å². The van der Waals surface area contributed by atoms with Crippen molar-refractivity contribution in [3.05, 3.63) is 60.7 Å². The van der Waals surface area contributed by atoms with Crippen molar-refractivity contribution in [2.45, 2.75) is 0 Å². The first-order valence-electron chi connectivity index (χ1n) is 4.82. The fourth-order valence-electron chi connectivity index (χ4n) is 1.47. The van der Waals surface area contributed by atoms with Crippen molar-refractivity contribution in [3.63, 3.8) is 0 Å². The van der Waals surface area contributed by atoms with E-state index in [0.29, 0.717) is 0 Å².